The molecule has 4 rings (SSSR count). The zero-order chi connectivity index (χ0) is 17.7. The van der Waals surface area contributed by atoms with Crippen molar-refractivity contribution in [2.45, 2.75) is 19.3 Å². The molecular weight excluding hydrogens is 352 g/mol. The third-order valence-electron chi connectivity index (χ3n) is 4.45. The maximum Gasteiger partial charge on any atom is 0.169 e. The largest absolute Gasteiger partial charge is 0.506 e. The van der Waals surface area contributed by atoms with Gasteiger partial charge in [-0.25, -0.2) is 17.6 Å². The Morgan fingerprint density at radius 2 is 1.64 bits per heavy atom. The first kappa shape index (κ1) is 16.1. The Hall–Kier alpha value is -2.34. The van der Waals surface area contributed by atoms with Crippen molar-refractivity contribution in [2.75, 3.05) is 0 Å². The lowest BCUT2D eigenvalue weighted by Gasteiger charge is -2.18. The van der Waals surface area contributed by atoms with Crippen molar-refractivity contribution in [3.05, 3.63) is 64.1 Å². The van der Waals surface area contributed by atoms with Crippen LogP contribution in [0, 0.1) is 23.3 Å². The predicted molar refractivity (Wildman–Crippen MR) is 90.5 cm³/mol. The van der Waals surface area contributed by atoms with Gasteiger partial charge in [-0.15, -0.1) is 11.3 Å². The summed E-state index contributed by atoms with van der Waals surface area (Å²) in [6.45, 7) is 0. The number of halogens is 4. The van der Waals surface area contributed by atoms with Gasteiger partial charge in [0.25, 0.3) is 0 Å². The molecule has 3 aromatic rings. The second-order valence-corrected chi connectivity index (χ2v) is 7.02. The number of rotatable bonds is 2. The van der Waals surface area contributed by atoms with E-state index >= 15 is 0 Å². The zero-order valence-corrected chi connectivity index (χ0v) is 13.7. The second kappa shape index (κ2) is 5.88. The van der Waals surface area contributed by atoms with Gasteiger partial charge in [0, 0.05) is 15.6 Å². The molecule has 6 heteroatoms. The highest BCUT2D eigenvalue weighted by atomic mass is 32.1. The maximum atomic E-state index is 14.4. The van der Waals surface area contributed by atoms with E-state index in [1.807, 2.05) is 0 Å². The van der Waals surface area contributed by atoms with E-state index in [1.54, 1.807) is 0 Å². The SMILES string of the molecule is OC(=C1CCC1)c1sc2cc(F)ccc2c1-c1c(F)ccc(F)c1F. The highest BCUT2D eigenvalue weighted by Gasteiger charge is 2.27. The average Bonchev–Trinajstić information content (AvgIpc) is 2.88. The van der Waals surface area contributed by atoms with Crippen molar-refractivity contribution in [1.82, 2.24) is 0 Å². The number of hydrogen-bond donors (Lipinski definition) is 1. The zero-order valence-electron chi connectivity index (χ0n) is 12.9. The monoisotopic (exact) mass is 364 g/mol. The summed E-state index contributed by atoms with van der Waals surface area (Å²) in [4.78, 5) is 0.235. The topological polar surface area (TPSA) is 20.2 Å². The van der Waals surface area contributed by atoms with Crippen LogP contribution < -0.4 is 0 Å². The van der Waals surface area contributed by atoms with Crippen LogP contribution in [0.25, 0.3) is 27.0 Å². The maximum absolute atomic E-state index is 14.4. The van der Waals surface area contributed by atoms with E-state index in [4.69, 9.17) is 0 Å². The Kier molecular flexibility index (Phi) is 3.80. The van der Waals surface area contributed by atoms with Crippen LogP contribution in [-0.2, 0) is 0 Å². The van der Waals surface area contributed by atoms with Crippen LogP contribution in [0.5, 0.6) is 0 Å². The van der Waals surface area contributed by atoms with Gasteiger partial charge in [0.05, 0.1) is 10.4 Å². The number of hydrogen-bond acceptors (Lipinski definition) is 2. The molecule has 1 fully saturated rings. The number of thiophene rings is 1. The number of benzene rings is 2. The molecule has 1 aromatic heterocycles. The fourth-order valence-electron chi connectivity index (χ4n) is 2.99. The number of allylic oxidation sites excluding steroid dienone is 1. The third kappa shape index (κ3) is 2.52. The molecule has 0 atom stereocenters. The van der Waals surface area contributed by atoms with Gasteiger partial charge in [0.1, 0.15) is 17.4 Å². The van der Waals surface area contributed by atoms with Gasteiger partial charge >= 0.3 is 0 Å². The van der Waals surface area contributed by atoms with Crippen LogP contribution in [0.1, 0.15) is 24.1 Å². The number of aliphatic hydroxyl groups is 1. The summed E-state index contributed by atoms with van der Waals surface area (Å²) < 4.78 is 56.5. The summed E-state index contributed by atoms with van der Waals surface area (Å²) in [5, 5.41) is 10.9. The Labute approximate surface area is 144 Å². The van der Waals surface area contributed by atoms with Crippen molar-refractivity contribution >= 4 is 27.2 Å². The summed E-state index contributed by atoms with van der Waals surface area (Å²) in [5.74, 6) is -3.99. The first-order chi connectivity index (χ1) is 12.0. The Morgan fingerprint density at radius 3 is 2.32 bits per heavy atom. The van der Waals surface area contributed by atoms with E-state index in [0.717, 1.165) is 29.4 Å². The van der Waals surface area contributed by atoms with Crippen molar-refractivity contribution in [3.63, 3.8) is 0 Å². The molecule has 1 N–H and O–H groups in total. The second-order valence-electron chi connectivity index (χ2n) is 5.97. The van der Waals surface area contributed by atoms with Crippen LogP contribution in [0.2, 0.25) is 0 Å². The minimum atomic E-state index is -1.32. The fourth-order valence-corrected chi connectivity index (χ4v) is 4.22. The standard InChI is InChI=1S/C19H12F4OS/c20-10-4-5-11-14(8-10)25-19(18(24)9-2-1-3-9)15(11)16-12(21)6-7-13(22)17(16)23/h4-8,24H,1-3H2. The lowest BCUT2D eigenvalue weighted by Crippen LogP contribution is -2.02. The molecule has 1 aliphatic carbocycles. The normalized spacial score (nSPS) is 14.0. The molecule has 1 aliphatic rings. The van der Waals surface area contributed by atoms with Crippen LogP contribution in [0.4, 0.5) is 17.6 Å². The molecule has 0 bridgehead atoms. The molecule has 1 nitrogen and oxygen atoms in total. The molecule has 0 amide bonds. The smallest absolute Gasteiger partial charge is 0.169 e. The van der Waals surface area contributed by atoms with Crippen molar-refractivity contribution in [2.24, 2.45) is 0 Å². The highest BCUT2D eigenvalue weighted by Crippen LogP contribution is 2.46. The van der Waals surface area contributed by atoms with Gasteiger partial charge < -0.3 is 5.11 Å². The van der Waals surface area contributed by atoms with E-state index in [0.29, 0.717) is 29.0 Å². The Bertz CT molecular complexity index is 1030. The average molecular weight is 364 g/mol. The lowest BCUT2D eigenvalue weighted by atomic mass is 9.89. The summed E-state index contributed by atoms with van der Waals surface area (Å²) in [5.41, 5.74) is 0.302. The van der Waals surface area contributed by atoms with Crippen LogP contribution in [-0.4, -0.2) is 5.11 Å². The summed E-state index contributed by atoms with van der Waals surface area (Å²) >= 11 is 1.04. The molecular formula is C19H12F4OS. The van der Waals surface area contributed by atoms with Crippen LogP contribution >= 0.6 is 11.3 Å². The predicted octanol–water partition coefficient (Wildman–Crippen LogP) is 6.58. The number of fused-ring (bicyclic) bond motifs is 1. The van der Waals surface area contributed by atoms with Crippen LogP contribution in [0.15, 0.2) is 35.9 Å². The Balaban J connectivity index is 2.10. The summed E-state index contributed by atoms with van der Waals surface area (Å²) in [6, 6.07) is 5.36. The molecule has 0 saturated heterocycles. The first-order valence-electron chi connectivity index (χ1n) is 7.74. The molecule has 0 aliphatic heterocycles. The van der Waals surface area contributed by atoms with Gasteiger partial charge in [-0.05, 0) is 55.2 Å². The van der Waals surface area contributed by atoms with E-state index in [2.05, 4.69) is 0 Å². The van der Waals surface area contributed by atoms with E-state index in [-0.39, 0.29) is 16.2 Å². The quantitative estimate of drug-likeness (QED) is 0.309. The lowest BCUT2D eigenvalue weighted by molar-refractivity contribution is 0.487. The Morgan fingerprint density at radius 1 is 0.920 bits per heavy atom. The highest BCUT2D eigenvalue weighted by molar-refractivity contribution is 7.20. The van der Waals surface area contributed by atoms with Crippen molar-refractivity contribution < 1.29 is 22.7 Å². The summed E-state index contributed by atoms with van der Waals surface area (Å²) in [7, 11) is 0. The molecule has 0 radical (unpaired) electrons. The van der Waals surface area contributed by atoms with Gasteiger partial charge in [0.15, 0.2) is 11.6 Å². The molecule has 128 valence electrons. The third-order valence-corrected chi connectivity index (χ3v) is 5.61. The fraction of sp³-hybridized carbons (Fsp3) is 0.158. The molecule has 2 aromatic carbocycles. The van der Waals surface area contributed by atoms with E-state index < -0.39 is 28.8 Å². The first-order valence-corrected chi connectivity index (χ1v) is 8.56. The van der Waals surface area contributed by atoms with Gasteiger partial charge in [-0.1, -0.05) is 0 Å². The van der Waals surface area contributed by atoms with Gasteiger partial charge in [0.2, 0.25) is 0 Å². The molecule has 1 heterocycles. The molecule has 1 saturated carbocycles. The van der Waals surface area contributed by atoms with Crippen molar-refractivity contribution in [1.29, 1.82) is 0 Å². The molecule has 0 spiro atoms. The number of aliphatic hydroxyl groups excluding tert-OH is 1. The van der Waals surface area contributed by atoms with Crippen LogP contribution in [0.3, 0.4) is 0 Å². The van der Waals surface area contributed by atoms with E-state index in [1.165, 1.54) is 18.2 Å². The minimum Gasteiger partial charge on any atom is -0.506 e. The van der Waals surface area contributed by atoms with E-state index in [9.17, 15) is 22.7 Å². The summed E-state index contributed by atoms with van der Waals surface area (Å²) in [6.07, 6.45) is 2.32. The van der Waals surface area contributed by atoms with Crippen molar-refractivity contribution in [3.8, 4) is 11.1 Å². The molecule has 25 heavy (non-hydrogen) atoms. The molecule has 0 unspecified atom stereocenters. The van der Waals surface area contributed by atoms with Gasteiger partial charge in [-0.2, -0.15) is 0 Å². The van der Waals surface area contributed by atoms with Gasteiger partial charge in [-0.3, -0.25) is 0 Å². The minimum absolute atomic E-state index is 0.0501.